The van der Waals surface area contributed by atoms with Crippen LogP contribution < -0.4 is 5.32 Å². The Morgan fingerprint density at radius 3 is 2.83 bits per heavy atom. The van der Waals surface area contributed by atoms with E-state index in [1.807, 2.05) is 0 Å². The van der Waals surface area contributed by atoms with E-state index in [1.165, 1.54) is 0 Å². The lowest BCUT2D eigenvalue weighted by Gasteiger charge is -2.04. The van der Waals surface area contributed by atoms with E-state index >= 15 is 0 Å². The van der Waals surface area contributed by atoms with Crippen LogP contribution in [0.3, 0.4) is 0 Å². The quantitative estimate of drug-likeness (QED) is 0.554. The molecule has 0 atom stereocenters. The second-order valence-corrected chi connectivity index (χ2v) is 6.07. The maximum Gasteiger partial charge on any atom is 0.345 e. The van der Waals surface area contributed by atoms with Gasteiger partial charge in [-0.15, -0.1) is 0 Å². The van der Waals surface area contributed by atoms with Crippen LogP contribution >= 0.6 is 22.9 Å². The Labute approximate surface area is 144 Å². The van der Waals surface area contributed by atoms with Crippen molar-refractivity contribution in [2.75, 3.05) is 5.32 Å². The van der Waals surface area contributed by atoms with Gasteiger partial charge >= 0.3 is 5.00 Å². The molecule has 3 aromatic rings. The van der Waals surface area contributed by atoms with Crippen molar-refractivity contribution in [3.63, 3.8) is 0 Å². The Hall–Kier alpha value is -2.78. The van der Waals surface area contributed by atoms with E-state index in [0.717, 1.165) is 17.5 Å². The lowest BCUT2D eigenvalue weighted by Crippen LogP contribution is -2.13. The van der Waals surface area contributed by atoms with Gasteiger partial charge in [-0.05, 0) is 24.3 Å². The molecule has 0 aliphatic carbocycles. The minimum absolute atomic E-state index is 0.109. The number of nitrogens with one attached hydrogen (secondary N) is 1. The Bertz CT molecular complexity index is 937. The van der Waals surface area contributed by atoms with Crippen LogP contribution in [0.4, 0.5) is 10.1 Å². The number of hydrogen-bond acceptors (Lipinski definition) is 7. The highest BCUT2D eigenvalue weighted by atomic mass is 35.5. The summed E-state index contributed by atoms with van der Waals surface area (Å²) in [7, 11) is 0. The van der Waals surface area contributed by atoms with Crippen molar-refractivity contribution >= 4 is 39.0 Å². The van der Waals surface area contributed by atoms with Crippen LogP contribution in [0.2, 0.25) is 5.02 Å². The number of hydrogen-bond donors (Lipinski definition) is 1. The summed E-state index contributed by atoms with van der Waals surface area (Å²) in [6, 6.07) is 6.90. The molecule has 1 N–H and O–H groups in total. The summed E-state index contributed by atoms with van der Waals surface area (Å²) in [5, 5.41) is 17.5. The van der Waals surface area contributed by atoms with Gasteiger partial charge in [0.05, 0.1) is 9.95 Å². The summed E-state index contributed by atoms with van der Waals surface area (Å²) in [4.78, 5) is 26.4. The average Bonchev–Trinajstić information content (AvgIpc) is 3.14. The number of carbonyl (C=O) groups is 1. The van der Waals surface area contributed by atoms with Crippen molar-refractivity contribution in [1.29, 1.82) is 0 Å². The van der Waals surface area contributed by atoms with Crippen molar-refractivity contribution < 1.29 is 14.2 Å². The molecular weight excluding hydrogens is 356 g/mol. The predicted octanol–water partition coefficient (Wildman–Crippen LogP) is 3.92. The van der Waals surface area contributed by atoms with E-state index in [9.17, 15) is 14.9 Å². The number of amides is 1. The number of anilines is 1. The molecular formula is C14H9ClN4O4S. The molecule has 0 aliphatic heterocycles. The summed E-state index contributed by atoms with van der Waals surface area (Å²) in [6.45, 7) is 1.59. The van der Waals surface area contributed by atoms with Crippen molar-refractivity contribution in [2.24, 2.45) is 0 Å². The van der Waals surface area contributed by atoms with Gasteiger partial charge in [0.15, 0.2) is 5.13 Å². The Balaban J connectivity index is 1.94. The molecule has 122 valence electrons. The SMILES string of the molecule is Cc1onc(-c2ccccc2Cl)c1C(=O)Nc1ncc([N+](=O)[O-])s1. The van der Waals surface area contributed by atoms with Gasteiger partial charge in [0.25, 0.3) is 5.91 Å². The van der Waals surface area contributed by atoms with Crippen molar-refractivity contribution in [3.05, 3.63) is 56.9 Å². The monoisotopic (exact) mass is 364 g/mol. The number of nitrogens with zero attached hydrogens (tertiary/aromatic N) is 3. The normalized spacial score (nSPS) is 10.6. The zero-order valence-corrected chi connectivity index (χ0v) is 13.7. The second-order valence-electron chi connectivity index (χ2n) is 4.66. The van der Waals surface area contributed by atoms with E-state index in [2.05, 4.69) is 15.5 Å². The molecule has 3 rings (SSSR count). The molecule has 10 heteroatoms. The second kappa shape index (κ2) is 6.38. The number of aryl methyl sites for hydroxylation is 1. The molecule has 0 spiro atoms. The lowest BCUT2D eigenvalue weighted by atomic mass is 10.1. The molecule has 2 aromatic heterocycles. The fourth-order valence-electron chi connectivity index (χ4n) is 2.04. The van der Waals surface area contributed by atoms with Crippen LogP contribution in [-0.2, 0) is 0 Å². The van der Waals surface area contributed by atoms with Crippen LogP contribution in [0.5, 0.6) is 0 Å². The first-order chi connectivity index (χ1) is 11.5. The van der Waals surface area contributed by atoms with Crippen LogP contribution in [0.15, 0.2) is 35.0 Å². The lowest BCUT2D eigenvalue weighted by molar-refractivity contribution is -0.380. The smallest absolute Gasteiger partial charge is 0.345 e. The molecule has 24 heavy (non-hydrogen) atoms. The van der Waals surface area contributed by atoms with E-state index in [1.54, 1.807) is 31.2 Å². The molecule has 0 saturated carbocycles. The number of aromatic nitrogens is 2. The van der Waals surface area contributed by atoms with Gasteiger partial charge in [-0.3, -0.25) is 20.2 Å². The molecule has 1 aromatic carbocycles. The Kier molecular flexibility index (Phi) is 4.28. The highest BCUT2D eigenvalue weighted by Gasteiger charge is 2.24. The first-order valence-corrected chi connectivity index (χ1v) is 7.79. The molecule has 1 amide bonds. The number of nitro groups is 1. The summed E-state index contributed by atoms with van der Waals surface area (Å²) in [5.41, 5.74) is 1.04. The molecule has 0 aliphatic rings. The van der Waals surface area contributed by atoms with E-state index in [-0.39, 0.29) is 15.7 Å². The highest BCUT2D eigenvalue weighted by Crippen LogP contribution is 2.32. The zero-order chi connectivity index (χ0) is 17.3. The maximum atomic E-state index is 12.5. The third-order valence-corrected chi connectivity index (χ3v) is 4.31. The molecule has 0 saturated heterocycles. The minimum Gasteiger partial charge on any atom is -0.360 e. The topological polar surface area (TPSA) is 111 Å². The number of benzene rings is 1. The Morgan fingerprint density at radius 2 is 2.17 bits per heavy atom. The Morgan fingerprint density at radius 1 is 1.42 bits per heavy atom. The summed E-state index contributed by atoms with van der Waals surface area (Å²) < 4.78 is 5.11. The van der Waals surface area contributed by atoms with Gasteiger partial charge in [0, 0.05) is 5.56 Å². The third-order valence-electron chi connectivity index (χ3n) is 3.11. The summed E-state index contributed by atoms with van der Waals surface area (Å²) in [6.07, 6.45) is 1.08. The number of rotatable bonds is 4. The molecule has 0 fully saturated rings. The van der Waals surface area contributed by atoms with Crippen LogP contribution in [0, 0.1) is 17.0 Å². The van der Waals surface area contributed by atoms with E-state index in [4.69, 9.17) is 16.1 Å². The third kappa shape index (κ3) is 2.99. The summed E-state index contributed by atoms with van der Waals surface area (Å²) in [5.74, 6) is -0.235. The summed E-state index contributed by atoms with van der Waals surface area (Å²) >= 11 is 6.90. The minimum atomic E-state index is -0.576. The average molecular weight is 365 g/mol. The van der Waals surface area contributed by atoms with Gasteiger partial charge in [-0.1, -0.05) is 35.0 Å². The molecule has 0 bridgehead atoms. The number of halogens is 1. The maximum absolute atomic E-state index is 12.5. The number of carbonyl (C=O) groups excluding carboxylic acids is 1. The van der Waals surface area contributed by atoms with Gasteiger partial charge in [-0.2, -0.15) is 0 Å². The van der Waals surface area contributed by atoms with E-state index < -0.39 is 10.8 Å². The fourth-order valence-corrected chi connectivity index (χ4v) is 2.90. The predicted molar refractivity (Wildman–Crippen MR) is 88.4 cm³/mol. The number of thiazole rings is 1. The van der Waals surface area contributed by atoms with E-state index in [0.29, 0.717) is 22.0 Å². The van der Waals surface area contributed by atoms with Gasteiger partial charge in [0.1, 0.15) is 23.2 Å². The molecule has 2 heterocycles. The van der Waals surface area contributed by atoms with Crippen LogP contribution in [-0.4, -0.2) is 21.0 Å². The highest BCUT2D eigenvalue weighted by molar-refractivity contribution is 7.18. The van der Waals surface area contributed by atoms with Crippen LogP contribution in [0.25, 0.3) is 11.3 Å². The van der Waals surface area contributed by atoms with Gasteiger partial charge in [0.2, 0.25) is 0 Å². The van der Waals surface area contributed by atoms with Crippen molar-refractivity contribution in [3.8, 4) is 11.3 Å². The fraction of sp³-hybridized carbons (Fsp3) is 0.0714. The molecule has 0 unspecified atom stereocenters. The zero-order valence-electron chi connectivity index (χ0n) is 12.1. The van der Waals surface area contributed by atoms with Gasteiger partial charge in [-0.25, -0.2) is 4.98 Å². The van der Waals surface area contributed by atoms with Crippen molar-refractivity contribution in [1.82, 2.24) is 10.1 Å². The van der Waals surface area contributed by atoms with Gasteiger partial charge < -0.3 is 4.52 Å². The first-order valence-electron chi connectivity index (χ1n) is 6.60. The first kappa shape index (κ1) is 16.1. The largest absolute Gasteiger partial charge is 0.360 e. The van der Waals surface area contributed by atoms with Crippen molar-refractivity contribution in [2.45, 2.75) is 6.92 Å². The molecule has 0 radical (unpaired) electrons. The van der Waals surface area contributed by atoms with Crippen LogP contribution in [0.1, 0.15) is 16.1 Å². The molecule has 8 nitrogen and oxygen atoms in total. The standard InChI is InChI=1S/C14H9ClN4O4S/c1-7-11(12(18-23-7)8-4-2-3-5-9(8)15)13(20)17-14-16-6-10(24-14)19(21)22/h2-6H,1H3,(H,16,17,20).